The van der Waals surface area contributed by atoms with Crippen LogP contribution in [0.4, 0.5) is 0 Å². The molecule has 1 saturated carbocycles. The van der Waals surface area contributed by atoms with Gasteiger partial charge in [0.15, 0.2) is 0 Å². The number of thioether (sulfide) groups is 1. The molecule has 1 aromatic carbocycles. The van der Waals surface area contributed by atoms with Crippen LogP contribution in [0.2, 0.25) is 0 Å². The zero-order valence-corrected chi connectivity index (χ0v) is 11.2. The number of benzene rings is 1. The lowest BCUT2D eigenvalue weighted by Crippen LogP contribution is -2.46. The van der Waals surface area contributed by atoms with Gasteiger partial charge in [-0.15, -0.1) is 11.8 Å². The van der Waals surface area contributed by atoms with E-state index in [1.165, 1.54) is 0 Å². The van der Waals surface area contributed by atoms with Gasteiger partial charge in [-0.1, -0.05) is 18.2 Å². The Morgan fingerprint density at radius 3 is 2.89 bits per heavy atom. The van der Waals surface area contributed by atoms with Crippen LogP contribution in [-0.2, 0) is 4.79 Å². The normalized spacial score (nSPS) is 28.2. The van der Waals surface area contributed by atoms with E-state index in [2.05, 4.69) is 5.32 Å². The third-order valence-corrected chi connectivity index (χ3v) is 5.22. The summed E-state index contributed by atoms with van der Waals surface area (Å²) in [6.07, 6.45) is 2.15. The van der Waals surface area contributed by atoms with Crippen LogP contribution in [0.5, 0.6) is 0 Å². The minimum absolute atomic E-state index is 0.00143. The van der Waals surface area contributed by atoms with Crippen molar-refractivity contribution >= 4 is 23.6 Å². The standard InChI is InChI=1S/C14H14N2O2S/c17-12(15-8-5-6-8)11-7-19-14-10-4-2-1-3-9(10)13(18)16(11)14/h1-4,8,11,14H,5-7H2,(H,15,17)/t11-,14-/m0/s1. The zero-order valence-electron chi connectivity index (χ0n) is 10.3. The van der Waals surface area contributed by atoms with E-state index in [1.807, 2.05) is 24.3 Å². The van der Waals surface area contributed by atoms with Crippen LogP contribution < -0.4 is 5.32 Å². The number of rotatable bonds is 2. The molecule has 4 nitrogen and oxygen atoms in total. The first-order chi connectivity index (χ1) is 9.25. The molecule has 0 radical (unpaired) electrons. The molecule has 2 amide bonds. The molecule has 0 spiro atoms. The van der Waals surface area contributed by atoms with Gasteiger partial charge in [0, 0.05) is 17.4 Å². The van der Waals surface area contributed by atoms with E-state index in [-0.39, 0.29) is 23.2 Å². The molecule has 1 saturated heterocycles. The summed E-state index contributed by atoms with van der Waals surface area (Å²) in [5.74, 6) is 0.712. The smallest absolute Gasteiger partial charge is 0.256 e. The molecule has 0 bridgehead atoms. The highest BCUT2D eigenvalue weighted by Gasteiger charge is 2.48. The average molecular weight is 274 g/mol. The molecule has 1 N–H and O–H groups in total. The second-order valence-corrected chi connectivity index (χ2v) is 6.40. The predicted molar refractivity (Wildman–Crippen MR) is 72.8 cm³/mol. The van der Waals surface area contributed by atoms with Crippen molar-refractivity contribution < 1.29 is 9.59 Å². The monoisotopic (exact) mass is 274 g/mol. The van der Waals surface area contributed by atoms with Gasteiger partial charge in [0.2, 0.25) is 5.91 Å². The minimum Gasteiger partial charge on any atom is -0.352 e. The lowest BCUT2D eigenvalue weighted by Gasteiger charge is -2.22. The van der Waals surface area contributed by atoms with E-state index in [1.54, 1.807) is 16.7 Å². The SMILES string of the molecule is O=C(NC1CC1)[C@@H]1CS[C@H]2c3ccccc3C(=O)N12. The summed E-state index contributed by atoms with van der Waals surface area (Å²) in [7, 11) is 0. The van der Waals surface area contributed by atoms with Gasteiger partial charge in [-0.2, -0.15) is 0 Å². The van der Waals surface area contributed by atoms with Crippen molar-refractivity contribution in [2.75, 3.05) is 5.75 Å². The summed E-state index contributed by atoms with van der Waals surface area (Å²) in [5, 5.41) is 3.04. The Labute approximate surface area is 115 Å². The van der Waals surface area contributed by atoms with E-state index in [0.717, 1.165) is 24.0 Å². The number of nitrogens with one attached hydrogen (secondary N) is 1. The lowest BCUT2D eigenvalue weighted by atomic mass is 10.1. The quantitative estimate of drug-likeness (QED) is 0.890. The van der Waals surface area contributed by atoms with Crippen molar-refractivity contribution in [2.45, 2.75) is 30.3 Å². The topological polar surface area (TPSA) is 49.4 Å². The van der Waals surface area contributed by atoms with Gasteiger partial charge in [-0.25, -0.2) is 0 Å². The molecule has 4 rings (SSSR count). The van der Waals surface area contributed by atoms with Crippen LogP contribution in [0.1, 0.15) is 34.1 Å². The second kappa shape index (κ2) is 4.00. The molecule has 0 aromatic heterocycles. The number of nitrogens with zero attached hydrogens (tertiary/aromatic N) is 1. The molecule has 98 valence electrons. The van der Waals surface area contributed by atoms with Crippen LogP contribution in [-0.4, -0.2) is 34.6 Å². The number of hydrogen-bond acceptors (Lipinski definition) is 3. The maximum absolute atomic E-state index is 12.4. The summed E-state index contributed by atoms with van der Waals surface area (Å²) in [4.78, 5) is 26.4. The number of amides is 2. The molecule has 1 aliphatic carbocycles. The molecule has 3 aliphatic rings. The highest BCUT2D eigenvalue weighted by atomic mass is 32.2. The maximum Gasteiger partial charge on any atom is 0.256 e. The van der Waals surface area contributed by atoms with Crippen molar-refractivity contribution in [3.8, 4) is 0 Å². The van der Waals surface area contributed by atoms with Gasteiger partial charge in [0.25, 0.3) is 5.91 Å². The number of fused-ring (bicyclic) bond motifs is 3. The molecule has 2 heterocycles. The highest BCUT2D eigenvalue weighted by Crippen LogP contribution is 2.48. The van der Waals surface area contributed by atoms with Gasteiger partial charge in [0.1, 0.15) is 11.4 Å². The minimum atomic E-state index is -0.310. The average Bonchev–Trinajstić information content (AvgIpc) is 3.04. The Balaban J connectivity index is 1.63. The molecule has 2 aliphatic heterocycles. The number of hydrogen-bond donors (Lipinski definition) is 1. The molecule has 2 atom stereocenters. The van der Waals surface area contributed by atoms with Crippen LogP contribution in [0.25, 0.3) is 0 Å². The Hall–Kier alpha value is -1.49. The maximum atomic E-state index is 12.4. The Bertz CT molecular complexity index is 570. The van der Waals surface area contributed by atoms with E-state index in [9.17, 15) is 9.59 Å². The first-order valence-electron chi connectivity index (χ1n) is 6.59. The molecule has 5 heteroatoms. The van der Waals surface area contributed by atoms with Gasteiger partial charge in [0.05, 0.1) is 0 Å². The van der Waals surface area contributed by atoms with Crippen molar-refractivity contribution in [1.29, 1.82) is 0 Å². The first-order valence-corrected chi connectivity index (χ1v) is 7.64. The molecule has 0 unspecified atom stereocenters. The Morgan fingerprint density at radius 1 is 1.32 bits per heavy atom. The highest BCUT2D eigenvalue weighted by molar-refractivity contribution is 7.99. The third kappa shape index (κ3) is 1.68. The first kappa shape index (κ1) is 11.3. The van der Waals surface area contributed by atoms with Crippen molar-refractivity contribution in [3.05, 3.63) is 35.4 Å². The number of carbonyl (C=O) groups is 2. The van der Waals surface area contributed by atoms with Crippen molar-refractivity contribution in [3.63, 3.8) is 0 Å². The fourth-order valence-corrected chi connectivity index (χ4v) is 4.23. The summed E-state index contributed by atoms with van der Waals surface area (Å²) in [5.41, 5.74) is 1.81. The summed E-state index contributed by atoms with van der Waals surface area (Å²) in [6.45, 7) is 0. The van der Waals surface area contributed by atoms with E-state index in [4.69, 9.17) is 0 Å². The van der Waals surface area contributed by atoms with Crippen molar-refractivity contribution in [1.82, 2.24) is 10.2 Å². The third-order valence-electron chi connectivity index (χ3n) is 3.92. The lowest BCUT2D eigenvalue weighted by molar-refractivity contribution is -0.124. The van der Waals surface area contributed by atoms with E-state index < -0.39 is 0 Å². The van der Waals surface area contributed by atoms with Crippen LogP contribution in [0, 0.1) is 0 Å². The Morgan fingerprint density at radius 2 is 2.11 bits per heavy atom. The van der Waals surface area contributed by atoms with E-state index >= 15 is 0 Å². The van der Waals surface area contributed by atoms with Gasteiger partial charge in [-0.05, 0) is 24.5 Å². The molecule has 2 fully saturated rings. The van der Waals surface area contributed by atoms with Gasteiger partial charge < -0.3 is 10.2 Å². The number of carbonyl (C=O) groups excluding carboxylic acids is 2. The fourth-order valence-electron chi connectivity index (χ4n) is 2.77. The zero-order chi connectivity index (χ0) is 13.0. The van der Waals surface area contributed by atoms with Crippen LogP contribution in [0.15, 0.2) is 24.3 Å². The summed E-state index contributed by atoms with van der Waals surface area (Å²) >= 11 is 1.69. The molecule has 1 aromatic rings. The van der Waals surface area contributed by atoms with Gasteiger partial charge in [-0.3, -0.25) is 9.59 Å². The van der Waals surface area contributed by atoms with Crippen LogP contribution in [0.3, 0.4) is 0 Å². The molecular weight excluding hydrogens is 260 g/mol. The Kier molecular flexibility index (Phi) is 2.39. The summed E-state index contributed by atoms with van der Waals surface area (Å²) < 4.78 is 0. The molecular formula is C14H14N2O2S. The predicted octanol–water partition coefficient (Wildman–Crippen LogP) is 1.53. The van der Waals surface area contributed by atoms with Gasteiger partial charge >= 0.3 is 0 Å². The largest absolute Gasteiger partial charge is 0.352 e. The fraction of sp³-hybridized carbons (Fsp3) is 0.429. The second-order valence-electron chi connectivity index (χ2n) is 5.28. The van der Waals surface area contributed by atoms with E-state index in [0.29, 0.717) is 11.8 Å². The van der Waals surface area contributed by atoms with Crippen molar-refractivity contribution in [2.24, 2.45) is 0 Å². The molecule has 19 heavy (non-hydrogen) atoms. The summed E-state index contributed by atoms with van der Waals surface area (Å²) in [6, 6.07) is 7.71. The van der Waals surface area contributed by atoms with Crippen LogP contribution >= 0.6 is 11.8 Å².